The molecule has 21 heavy (non-hydrogen) atoms. The van der Waals surface area contributed by atoms with Crippen LogP contribution in [0.25, 0.3) is 0 Å². The molecule has 1 aromatic heterocycles. The normalized spacial score (nSPS) is 12.0. The summed E-state index contributed by atoms with van der Waals surface area (Å²) in [5.74, 6) is -2.42. The molecule has 7 heteroatoms. The number of benzene rings is 1. The maximum atomic E-state index is 13.4. The zero-order valence-electron chi connectivity index (χ0n) is 10.8. The van der Waals surface area contributed by atoms with Gasteiger partial charge in [0.15, 0.2) is 12.4 Å². The summed E-state index contributed by atoms with van der Waals surface area (Å²) in [6.45, 7) is -0.384. The molecule has 0 saturated carbocycles. The van der Waals surface area contributed by atoms with E-state index in [1.54, 1.807) is 0 Å². The van der Waals surface area contributed by atoms with Crippen LogP contribution in [0.2, 0.25) is 0 Å². The van der Waals surface area contributed by atoms with Crippen LogP contribution in [0.4, 0.5) is 8.78 Å². The SMILES string of the molecule is O=C(NCC(O)c1c(F)cccc1F)c1ccc[n+]([O-])c1. The van der Waals surface area contributed by atoms with Crippen molar-refractivity contribution < 1.29 is 23.4 Å². The molecule has 0 aliphatic heterocycles. The van der Waals surface area contributed by atoms with Crippen molar-refractivity contribution in [3.63, 3.8) is 0 Å². The van der Waals surface area contributed by atoms with Gasteiger partial charge >= 0.3 is 0 Å². The number of carbonyl (C=O) groups excluding carboxylic acids is 1. The molecular formula is C14H12F2N2O3. The highest BCUT2D eigenvalue weighted by Crippen LogP contribution is 2.19. The van der Waals surface area contributed by atoms with Crippen molar-refractivity contribution in [2.75, 3.05) is 6.54 Å². The van der Waals surface area contributed by atoms with Crippen LogP contribution in [0.1, 0.15) is 22.0 Å². The average molecular weight is 294 g/mol. The molecular weight excluding hydrogens is 282 g/mol. The monoisotopic (exact) mass is 294 g/mol. The molecule has 2 N–H and O–H groups in total. The van der Waals surface area contributed by atoms with E-state index in [9.17, 15) is 23.9 Å². The molecule has 2 aromatic rings. The van der Waals surface area contributed by atoms with Gasteiger partial charge in [0.1, 0.15) is 23.3 Å². The summed E-state index contributed by atoms with van der Waals surface area (Å²) >= 11 is 0. The lowest BCUT2D eigenvalue weighted by Crippen LogP contribution is -2.32. The predicted octanol–water partition coefficient (Wildman–Crippen LogP) is 1.06. The van der Waals surface area contributed by atoms with Gasteiger partial charge in [0.25, 0.3) is 5.91 Å². The number of halogens is 2. The number of pyridine rings is 1. The molecule has 0 aliphatic rings. The van der Waals surface area contributed by atoms with Gasteiger partial charge in [-0.05, 0) is 18.2 Å². The standard InChI is InChI=1S/C14H12F2N2O3/c15-10-4-1-5-11(16)13(10)12(19)7-17-14(20)9-3-2-6-18(21)8-9/h1-6,8,12,19H,7H2,(H,17,20). The van der Waals surface area contributed by atoms with Gasteiger partial charge < -0.3 is 15.6 Å². The number of amides is 1. The van der Waals surface area contributed by atoms with E-state index in [1.165, 1.54) is 24.4 Å². The van der Waals surface area contributed by atoms with Crippen LogP contribution < -0.4 is 10.0 Å². The van der Waals surface area contributed by atoms with E-state index in [0.717, 1.165) is 18.3 Å². The van der Waals surface area contributed by atoms with Crippen LogP contribution in [0, 0.1) is 16.8 Å². The fourth-order valence-corrected chi connectivity index (χ4v) is 1.81. The summed E-state index contributed by atoms with van der Waals surface area (Å²) < 4.78 is 27.3. The van der Waals surface area contributed by atoms with Crippen molar-refractivity contribution in [3.05, 3.63) is 70.7 Å². The predicted molar refractivity (Wildman–Crippen MR) is 69.1 cm³/mol. The van der Waals surface area contributed by atoms with Crippen molar-refractivity contribution in [1.29, 1.82) is 0 Å². The van der Waals surface area contributed by atoms with Crippen LogP contribution in [0.15, 0.2) is 42.7 Å². The number of carbonyl (C=O) groups is 1. The van der Waals surface area contributed by atoms with Crippen LogP contribution in [0.3, 0.4) is 0 Å². The summed E-state index contributed by atoms with van der Waals surface area (Å²) in [7, 11) is 0. The molecule has 0 aliphatic carbocycles. The van der Waals surface area contributed by atoms with Gasteiger partial charge in [-0.1, -0.05) is 6.07 Å². The maximum Gasteiger partial charge on any atom is 0.257 e. The minimum atomic E-state index is -1.53. The second kappa shape index (κ2) is 6.27. The van der Waals surface area contributed by atoms with E-state index in [1.807, 2.05) is 0 Å². The summed E-state index contributed by atoms with van der Waals surface area (Å²) in [6, 6.07) is 5.99. The fraction of sp³-hybridized carbons (Fsp3) is 0.143. The molecule has 0 fully saturated rings. The van der Waals surface area contributed by atoms with Crippen molar-refractivity contribution in [3.8, 4) is 0 Å². The van der Waals surface area contributed by atoms with E-state index in [4.69, 9.17) is 0 Å². The lowest BCUT2D eigenvalue weighted by molar-refractivity contribution is -0.605. The van der Waals surface area contributed by atoms with Crippen LogP contribution >= 0.6 is 0 Å². The molecule has 0 bridgehead atoms. The lowest BCUT2D eigenvalue weighted by atomic mass is 10.1. The number of aliphatic hydroxyl groups excluding tert-OH is 1. The Morgan fingerprint density at radius 1 is 1.29 bits per heavy atom. The molecule has 110 valence electrons. The van der Waals surface area contributed by atoms with E-state index >= 15 is 0 Å². The summed E-state index contributed by atoms with van der Waals surface area (Å²) in [6.07, 6.45) is 0.726. The zero-order chi connectivity index (χ0) is 15.4. The minimum absolute atomic E-state index is 0.0775. The lowest BCUT2D eigenvalue weighted by Gasteiger charge is -2.13. The van der Waals surface area contributed by atoms with Crippen molar-refractivity contribution in [2.24, 2.45) is 0 Å². The Labute approximate surface area is 119 Å². The third-order valence-corrected chi connectivity index (χ3v) is 2.83. The van der Waals surface area contributed by atoms with Crippen LogP contribution in [-0.2, 0) is 0 Å². The van der Waals surface area contributed by atoms with Gasteiger partial charge in [-0.15, -0.1) is 0 Å². The maximum absolute atomic E-state index is 13.4. The smallest absolute Gasteiger partial charge is 0.257 e. The fourth-order valence-electron chi connectivity index (χ4n) is 1.81. The van der Waals surface area contributed by atoms with Gasteiger partial charge in [0.2, 0.25) is 0 Å². The Hall–Kier alpha value is -2.54. The highest BCUT2D eigenvalue weighted by atomic mass is 19.1. The molecule has 0 radical (unpaired) electrons. The zero-order valence-corrected chi connectivity index (χ0v) is 10.8. The number of aromatic nitrogens is 1. The second-order valence-electron chi connectivity index (χ2n) is 4.31. The van der Waals surface area contributed by atoms with Crippen molar-refractivity contribution in [1.82, 2.24) is 5.32 Å². The molecule has 2 rings (SSSR count). The van der Waals surface area contributed by atoms with Crippen LogP contribution in [-0.4, -0.2) is 17.6 Å². The third kappa shape index (κ3) is 3.51. The third-order valence-electron chi connectivity index (χ3n) is 2.83. The Morgan fingerprint density at radius 2 is 1.95 bits per heavy atom. The molecule has 1 atom stereocenters. The first-order chi connectivity index (χ1) is 9.99. The van der Waals surface area contributed by atoms with Gasteiger partial charge in [-0.25, -0.2) is 8.78 Å². The van der Waals surface area contributed by atoms with E-state index in [2.05, 4.69) is 5.32 Å². The number of nitrogens with one attached hydrogen (secondary N) is 1. The number of nitrogens with zero attached hydrogens (tertiary/aromatic N) is 1. The Bertz CT molecular complexity index is 644. The number of rotatable bonds is 4. The van der Waals surface area contributed by atoms with Gasteiger partial charge in [0, 0.05) is 12.6 Å². The first kappa shape index (κ1) is 14.9. The summed E-state index contributed by atoms with van der Waals surface area (Å²) in [5.41, 5.74) is -0.432. The highest BCUT2D eigenvalue weighted by Gasteiger charge is 2.19. The first-order valence-corrected chi connectivity index (χ1v) is 6.08. The number of hydrogen-bond donors (Lipinski definition) is 2. The minimum Gasteiger partial charge on any atom is -0.619 e. The molecule has 5 nitrogen and oxygen atoms in total. The van der Waals surface area contributed by atoms with Gasteiger partial charge in [-0.2, -0.15) is 4.73 Å². The molecule has 1 heterocycles. The van der Waals surface area contributed by atoms with Gasteiger partial charge in [0.05, 0.1) is 5.56 Å². The van der Waals surface area contributed by atoms with Crippen molar-refractivity contribution >= 4 is 5.91 Å². The molecule has 1 amide bonds. The Balaban J connectivity index is 2.04. The molecule has 0 spiro atoms. The Kier molecular flexibility index (Phi) is 4.44. The number of hydrogen-bond acceptors (Lipinski definition) is 3. The van der Waals surface area contributed by atoms with Crippen molar-refractivity contribution in [2.45, 2.75) is 6.10 Å². The van der Waals surface area contributed by atoms with E-state index < -0.39 is 29.2 Å². The number of aliphatic hydroxyl groups is 1. The summed E-state index contributed by atoms with van der Waals surface area (Å²) in [4.78, 5) is 11.7. The van der Waals surface area contributed by atoms with E-state index in [0.29, 0.717) is 4.73 Å². The van der Waals surface area contributed by atoms with Crippen LogP contribution in [0.5, 0.6) is 0 Å². The largest absolute Gasteiger partial charge is 0.619 e. The molecule has 0 saturated heterocycles. The quantitative estimate of drug-likeness (QED) is 0.654. The van der Waals surface area contributed by atoms with Gasteiger partial charge in [-0.3, -0.25) is 4.79 Å². The Morgan fingerprint density at radius 3 is 2.57 bits per heavy atom. The highest BCUT2D eigenvalue weighted by molar-refractivity contribution is 5.93. The first-order valence-electron chi connectivity index (χ1n) is 6.08. The second-order valence-corrected chi connectivity index (χ2v) is 4.31. The molecule has 1 aromatic carbocycles. The summed E-state index contributed by atoms with van der Waals surface area (Å²) in [5, 5.41) is 23.1. The topological polar surface area (TPSA) is 76.3 Å². The molecule has 1 unspecified atom stereocenters. The van der Waals surface area contributed by atoms with E-state index in [-0.39, 0.29) is 12.1 Å². The average Bonchev–Trinajstić information content (AvgIpc) is 2.44.